The monoisotopic (exact) mass is 425 g/mol. The maximum absolute atomic E-state index is 13.4. The molecule has 3 heterocycles. The van der Waals surface area contributed by atoms with Crippen LogP contribution in [0.1, 0.15) is 30.5 Å². The van der Waals surface area contributed by atoms with E-state index in [0.29, 0.717) is 11.1 Å². The molecular formula is C23H23NO7. The number of carbonyl (C=O) groups excluding carboxylic acids is 3. The first kappa shape index (κ1) is 20.9. The molecule has 0 N–H and O–H groups in total. The largest absolute Gasteiger partial charge is 0.462 e. The van der Waals surface area contributed by atoms with Gasteiger partial charge in [0.2, 0.25) is 5.60 Å². The van der Waals surface area contributed by atoms with Gasteiger partial charge in [-0.2, -0.15) is 0 Å². The molecule has 4 rings (SSSR count). The summed E-state index contributed by atoms with van der Waals surface area (Å²) in [6, 6.07) is 3.57. The molecule has 8 heteroatoms. The van der Waals surface area contributed by atoms with Gasteiger partial charge in [0.1, 0.15) is 17.0 Å². The molecular weight excluding hydrogens is 402 g/mol. The van der Waals surface area contributed by atoms with Crippen molar-refractivity contribution in [2.24, 2.45) is 0 Å². The number of esters is 3. The van der Waals surface area contributed by atoms with Gasteiger partial charge in [-0.25, -0.2) is 14.4 Å². The van der Waals surface area contributed by atoms with Crippen molar-refractivity contribution in [1.29, 1.82) is 0 Å². The second-order valence-electron chi connectivity index (χ2n) is 7.33. The average Bonchev–Trinajstić information content (AvgIpc) is 2.98. The Kier molecular flexibility index (Phi) is 5.18. The molecule has 1 aromatic rings. The van der Waals surface area contributed by atoms with Crippen molar-refractivity contribution >= 4 is 17.9 Å². The summed E-state index contributed by atoms with van der Waals surface area (Å²) in [5.74, 6) is -2.12. The molecule has 0 aliphatic carbocycles. The van der Waals surface area contributed by atoms with Crippen LogP contribution in [0.4, 0.5) is 0 Å². The van der Waals surface area contributed by atoms with Crippen molar-refractivity contribution in [1.82, 2.24) is 4.90 Å². The normalized spacial score (nSPS) is 23.5. The standard InChI is InChI=1S/C23H23NO7/c1-5-28-20(25)18-19(21(26)29-6-2)24-10-8-7-9-16(24)31-23(18)17-14(4)11-13(3)12-15(17)30-22(23)27/h7-12,16H,5-6H2,1-4H3/t16-,23-/m0/s1. The highest BCUT2D eigenvalue weighted by atomic mass is 16.6. The molecule has 0 bridgehead atoms. The minimum atomic E-state index is -1.96. The van der Waals surface area contributed by atoms with Crippen LogP contribution in [0.2, 0.25) is 0 Å². The third kappa shape index (κ3) is 3.06. The van der Waals surface area contributed by atoms with Crippen LogP contribution in [-0.2, 0) is 34.2 Å². The Hall–Kier alpha value is -3.39. The lowest BCUT2D eigenvalue weighted by molar-refractivity contribution is -0.178. The number of ether oxygens (including phenoxy) is 4. The van der Waals surface area contributed by atoms with Crippen molar-refractivity contribution in [2.45, 2.75) is 39.5 Å². The summed E-state index contributed by atoms with van der Waals surface area (Å²) in [6.45, 7) is 7.10. The van der Waals surface area contributed by atoms with Gasteiger partial charge in [0, 0.05) is 11.8 Å². The van der Waals surface area contributed by atoms with Crippen LogP contribution in [-0.4, -0.2) is 42.2 Å². The van der Waals surface area contributed by atoms with Crippen molar-refractivity contribution in [3.05, 3.63) is 64.5 Å². The molecule has 0 unspecified atom stereocenters. The third-order valence-electron chi connectivity index (χ3n) is 5.29. The fourth-order valence-corrected chi connectivity index (χ4v) is 4.23. The molecule has 0 saturated heterocycles. The van der Waals surface area contributed by atoms with E-state index in [1.165, 1.54) is 4.90 Å². The number of carbonyl (C=O) groups is 3. The summed E-state index contributed by atoms with van der Waals surface area (Å²) in [5, 5.41) is 0. The van der Waals surface area contributed by atoms with Crippen molar-refractivity contribution in [3.8, 4) is 5.75 Å². The Bertz CT molecular complexity index is 1070. The van der Waals surface area contributed by atoms with Gasteiger partial charge in [-0.1, -0.05) is 12.1 Å². The summed E-state index contributed by atoms with van der Waals surface area (Å²) in [6.07, 6.45) is 5.86. The van der Waals surface area contributed by atoms with Crippen LogP contribution >= 0.6 is 0 Å². The molecule has 0 saturated carbocycles. The molecule has 0 radical (unpaired) electrons. The Morgan fingerprint density at radius 3 is 2.52 bits per heavy atom. The van der Waals surface area contributed by atoms with E-state index in [4.69, 9.17) is 18.9 Å². The van der Waals surface area contributed by atoms with Gasteiger partial charge in [0.25, 0.3) is 0 Å². The Labute approximate surface area is 179 Å². The first-order valence-electron chi connectivity index (χ1n) is 10.1. The van der Waals surface area contributed by atoms with Crippen molar-refractivity contribution in [2.75, 3.05) is 13.2 Å². The van der Waals surface area contributed by atoms with Gasteiger partial charge in [-0.3, -0.25) is 0 Å². The van der Waals surface area contributed by atoms with Crippen LogP contribution in [0.3, 0.4) is 0 Å². The summed E-state index contributed by atoms with van der Waals surface area (Å²) >= 11 is 0. The number of rotatable bonds is 4. The molecule has 3 aliphatic rings. The molecule has 0 aromatic heterocycles. The van der Waals surface area contributed by atoms with Crippen LogP contribution in [0.25, 0.3) is 0 Å². The molecule has 8 nitrogen and oxygen atoms in total. The van der Waals surface area contributed by atoms with E-state index in [1.54, 1.807) is 51.3 Å². The third-order valence-corrected chi connectivity index (χ3v) is 5.29. The van der Waals surface area contributed by atoms with Gasteiger partial charge in [0.15, 0.2) is 6.23 Å². The fraction of sp³-hybridized carbons (Fsp3) is 0.348. The van der Waals surface area contributed by atoms with E-state index in [1.807, 2.05) is 13.0 Å². The smallest absolute Gasteiger partial charge is 0.355 e. The highest BCUT2D eigenvalue weighted by Gasteiger charge is 2.63. The number of hydrogen-bond donors (Lipinski definition) is 0. The Balaban J connectivity index is 2.08. The van der Waals surface area contributed by atoms with Crippen molar-refractivity contribution in [3.63, 3.8) is 0 Å². The van der Waals surface area contributed by atoms with E-state index in [0.717, 1.165) is 5.56 Å². The zero-order valence-corrected chi connectivity index (χ0v) is 17.8. The van der Waals surface area contributed by atoms with Crippen LogP contribution < -0.4 is 4.74 Å². The van der Waals surface area contributed by atoms with E-state index < -0.39 is 29.7 Å². The highest BCUT2D eigenvalue weighted by Crippen LogP contribution is 2.52. The summed E-state index contributed by atoms with van der Waals surface area (Å²) in [5.41, 5.74) is -0.365. The second-order valence-corrected chi connectivity index (χ2v) is 7.33. The minimum absolute atomic E-state index is 0.0441. The maximum atomic E-state index is 13.4. The lowest BCUT2D eigenvalue weighted by Crippen LogP contribution is -2.55. The van der Waals surface area contributed by atoms with E-state index in [2.05, 4.69) is 0 Å². The number of allylic oxidation sites excluding steroid dienone is 2. The molecule has 0 amide bonds. The Morgan fingerprint density at radius 1 is 1.10 bits per heavy atom. The first-order valence-corrected chi connectivity index (χ1v) is 10.1. The summed E-state index contributed by atoms with van der Waals surface area (Å²) in [7, 11) is 0. The van der Waals surface area contributed by atoms with E-state index >= 15 is 0 Å². The average molecular weight is 425 g/mol. The number of nitrogens with zero attached hydrogens (tertiary/aromatic N) is 1. The number of aryl methyl sites for hydroxylation is 2. The molecule has 162 valence electrons. The molecule has 31 heavy (non-hydrogen) atoms. The lowest BCUT2D eigenvalue weighted by Gasteiger charge is -2.43. The molecule has 1 aromatic carbocycles. The van der Waals surface area contributed by atoms with Crippen LogP contribution in [0, 0.1) is 13.8 Å². The molecule has 2 atom stereocenters. The van der Waals surface area contributed by atoms with E-state index in [9.17, 15) is 14.4 Å². The van der Waals surface area contributed by atoms with Crippen LogP contribution in [0.5, 0.6) is 5.75 Å². The zero-order valence-electron chi connectivity index (χ0n) is 17.8. The topological polar surface area (TPSA) is 91.4 Å². The second kappa shape index (κ2) is 7.70. The Morgan fingerprint density at radius 2 is 1.81 bits per heavy atom. The quantitative estimate of drug-likeness (QED) is 0.537. The summed E-state index contributed by atoms with van der Waals surface area (Å²) in [4.78, 5) is 41.2. The summed E-state index contributed by atoms with van der Waals surface area (Å²) < 4.78 is 22.4. The highest BCUT2D eigenvalue weighted by molar-refractivity contribution is 6.09. The van der Waals surface area contributed by atoms with Gasteiger partial charge in [-0.15, -0.1) is 0 Å². The van der Waals surface area contributed by atoms with Gasteiger partial charge < -0.3 is 23.8 Å². The molecule has 1 spiro atoms. The van der Waals surface area contributed by atoms with Gasteiger partial charge >= 0.3 is 17.9 Å². The molecule has 0 fully saturated rings. The predicted octanol–water partition coefficient (Wildman–Crippen LogP) is 2.54. The van der Waals surface area contributed by atoms with Gasteiger partial charge in [0.05, 0.1) is 13.2 Å². The lowest BCUT2D eigenvalue weighted by atomic mass is 9.81. The number of benzene rings is 1. The fourth-order valence-electron chi connectivity index (χ4n) is 4.23. The van der Waals surface area contributed by atoms with Crippen LogP contribution in [0.15, 0.2) is 47.8 Å². The first-order chi connectivity index (χ1) is 14.8. The van der Waals surface area contributed by atoms with Crippen molar-refractivity contribution < 1.29 is 33.3 Å². The zero-order chi connectivity index (χ0) is 22.3. The minimum Gasteiger partial charge on any atom is -0.462 e. The van der Waals surface area contributed by atoms with E-state index in [-0.39, 0.29) is 30.2 Å². The molecule has 3 aliphatic heterocycles. The SMILES string of the molecule is CCOC(=O)C1=C(C(=O)OCC)[C@]2(O[C@H]3C=CC=CN13)C(=O)Oc1cc(C)cc(C)c12. The number of fused-ring (bicyclic) bond motifs is 3. The maximum Gasteiger partial charge on any atom is 0.355 e. The van der Waals surface area contributed by atoms with Gasteiger partial charge in [-0.05, 0) is 57.0 Å². The predicted molar refractivity (Wildman–Crippen MR) is 109 cm³/mol. The number of hydrogen-bond acceptors (Lipinski definition) is 8.